The molecule has 7 heteroatoms. The second kappa shape index (κ2) is 11.2. The van der Waals surface area contributed by atoms with Gasteiger partial charge in [-0.15, -0.1) is 0 Å². The van der Waals surface area contributed by atoms with Crippen LogP contribution in [-0.2, 0) is 6.54 Å². The van der Waals surface area contributed by atoms with E-state index in [9.17, 15) is 0 Å². The molecule has 1 saturated carbocycles. The second-order valence-corrected chi connectivity index (χ2v) is 9.02. The summed E-state index contributed by atoms with van der Waals surface area (Å²) in [5.74, 6) is 3.45. The van der Waals surface area contributed by atoms with Crippen LogP contribution in [0.1, 0.15) is 51.0 Å². The van der Waals surface area contributed by atoms with Gasteiger partial charge in [-0.25, -0.2) is 9.97 Å². The van der Waals surface area contributed by atoms with E-state index in [-0.39, 0.29) is 0 Å². The van der Waals surface area contributed by atoms with Crippen LogP contribution in [0.15, 0.2) is 47.7 Å². The number of hydrogen-bond acceptors (Lipinski definition) is 5. The normalized spacial score (nSPS) is 22.4. The van der Waals surface area contributed by atoms with Crippen molar-refractivity contribution in [1.82, 2.24) is 20.6 Å². The van der Waals surface area contributed by atoms with Crippen molar-refractivity contribution in [3.05, 3.63) is 48.3 Å². The minimum Gasteiger partial charge on any atom is -0.474 e. The summed E-state index contributed by atoms with van der Waals surface area (Å²) in [6, 6.07) is 10.6. The second-order valence-electron chi connectivity index (χ2n) is 9.02. The molecule has 0 unspecified atom stereocenters. The molecule has 2 aliphatic rings. The zero-order valence-corrected chi connectivity index (χ0v) is 19.3. The fourth-order valence-electron chi connectivity index (χ4n) is 4.51. The fourth-order valence-corrected chi connectivity index (χ4v) is 4.51. The van der Waals surface area contributed by atoms with E-state index < -0.39 is 0 Å². The lowest BCUT2D eigenvalue weighted by Crippen LogP contribution is -2.48. The van der Waals surface area contributed by atoms with Gasteiger partial charge in [0, 0.05) is 51.2 Å². The molecule has 0 aromatic carbocycles. The highest BCUT2D eigenvalue weighted by Gasteiger charge is 2.21. The Morgan fingerprint density at radius 2 is 1.88 bits per heavy atom. The molecule has 1 saturated heterocycles. The van der Waals surface area contributed by atoms with Crippen LogP contribution in [0.4, 0.5) is 5.82 Å². The van der Waals surface area contributed by atoms with Gasteiger partial charge in [0.2, 0.25) is 5.88 Å². The predicted molar refractivity (Wildman–Crippen MR) is 129 cm³/mol. The average Bonchev–Trinajstić information content (AvgIpc) is 2.84. The maximum atomic E-state index is 6.15. The Bertz CT molecular complexity index is 858. The molecule has 1 aliphatic carbocycles. The predicted octanol–water partition coefficient (Wildman–Crippen LogP) is 3.77. The molecule has 0 amide bonds. The highest BCUT2D eigenvalue weighted by atomic mass is 16.5. The summed E-state index contributed by atoms with van der Waals surface area (Å²) in [7, 11) is 1.82. The lowest BCUT2D eigenvalue weighted by molar-refractivity contribution is 0.130. The molecule has 32 heavy (non-hydrogen) atoms. The number of aromatic nitrogens is 2. The number of pyridine rings is 2. The van der Waals surface area contributed by atoms with E-state index >= 15 is 0 Å². The van der Waals surface area contributed by atoms with Crippen molar-refractivity contribution in [2.75, 3.05) is 25.0 Å². The fraction of sp³-hybridized carbons (Fsp3) is 0.560. The van der Waals surface area contributed by atoms with Crippen molar-refractivity contribution in [2.24, 2.45) is 10.9 Å². The summed E-state index contributed by atoms with van der Waals surface area (Å²) >= 11 is 0. The summed E-state index contributed by atoms with van der Waals surface area (Å²) < 4.78 is 6.15. The molecule has 4 rings (SSSR count). The van der Waals surface area contributed by atoms with E-state index in [0.717, 1.165) is 67.9 Å². The maximum absolute atomic E-state index is 6.15. The Morgan fingerprint density at radius 1 is 1.06 bits per heavy atom. The van der Waals surface area contributed by atoms with Gasteiger partial charge in [0.05, 0.1) is 0 Å². The van der Waals surface area contributed by atoms with Crippen molar-refractivity contribution in [2.45, 2.75) is 64.1 Å². The molecule has 172 valence electrons. The molecular formula is C25H36N6O. The number of rotatable bonds is 6. The standard InChI is InChI=1S/C25H36N6O/c1-19-6-8-22(9-7-19)32-24-17-20(10-14-28-24)18-29-25(26-2)30-21-11-15-31(16-12-21)23-5-3-4-13-27-23/h3-5,10,13-14,17,19,21-22H,6-9,11-12,15-16,18H2,1-2H3,(H2,26,29,30). The maximum Gasteiger partial charge on any atom is 0.213 e. The molecular weight excluding hydrogens is 400 g/mol. The molecule has 0 bridgehead atoms. The Hall–Kier alpha value is -2.83. The van der Waals surface area contributed by atoms with E-state index in [1.165, 1.54) is 12.8 Å². The van der Waals surface area contributed by atoms with Gasteiger partial charge in [0.1, 0.15) is 11.9 Å². The van der Waals surface area contributed by atoms with Crippen LogP contribution >= 0.6 is 0 Å². The quantitative estimate of drug-likeness (QED) is 0.530. The Balaban J connectivity index is 1.23. The van der Waals surface area contributed by atoms with Gasteiger partial charge in [0.25, 0.3) is 0 Å². The Labute approximate surface area is 191 Å². The van der Waals surface area contributed by atoms with Gasteiger partial charge in [0.15, 0.2) is 5.96 Å². The first-order chi connectivity index (χ1) is 15.7. The van der Waals surface area contributed by atoms with Crippen molar-refractivity contribution in [3.8, 4) is 5.88 Å². The first-order valence-electron chi connectivity index (χ1n) is 11.9. The molecule has 0 spiro atoms. The number of aliphatic imine (C=N–C) groups is 1. The smallest absolute Gasteiger partial charge is 0.213 e. The number of hydrogen-bond donors (Lipinski definition) is 2. The lowest BCUT2D eigenvalue weighted by atomic mass is 9.89. The molecule has 1 aliphatic heterocycles. The largest absolute Gasteiger partial charge is 0.474 e. The van der Waals surface area contributed by atoms with Crippen LogP contribution in [0.25, 0.3) is 0 Å². The average molecular weight is 437 g/mol. The van der Waals surface area contributed by atoms with Crippen LogP contribution in [0.3, 0.4) is 0 Å². The summed E-state index contributed by atoms with van der Waals surface area (Å²) in [5.41, 5.74) is 1.15. The van der Waals surface area contributed by atoms with E-state index in [1.807, 2.05) is 43.7 Å². The van der Waals surface area contributed by atoms with Gasteiger partial charge in [-0.1, -0.05) is 13.0 Å². The van der Waals surface area contributed by atoms with Crippen molar-refractivity contribution in [3.63, 3.8) is 0 Å². The number of nitrogens with zero attached hydrogens (tertiary/aromatic N) is 4. The van der Waals surface area contributed by atoms with Crippen LogP contribution in [-0.4, -0.2) is 48.2 Å². The third-order valence-electron chi connectivity index (χ3n) is 6.54. The van der Waals surface area contributed by atoms with Crippen molar-refractivity contribution < 1.29 is 4.74 Å². The van der Waals surface area contributed by atoms with Crippen LogP contribution in [0.2, 0.25) is 0 Å². The van der Waals surface area contributed by atoms with Gasteiger partial charge < -0.3 is 20.3 Å². The van der Waals surface area contributed by atoms with E-state index in [1.54, 1.807) is 0 Å². The summed E-state index contributed by atoms with van der Waals surface area (Å²) in [5, 5.41) is 7.02. The number of anilines is 1. The van der Waals surface area contributed by atoms with Crippen LogP contribution < -0.4 is 20.3 Å². The first kappa shape index (κ1) is 22.4. The van der Waals surface area contributed by atoms with Gasteiger partial charge in [-0.2, -0.15) is 0 Å². The van der Waals surface area contributed by atoms with E-state index in [0.29, 0.717) is 18.7 Å². The highest BCUT2D eigenvalue weighted by molar-refractivity contribution is 5.80. The van der Waals surface area contributed by atoms with Crippen LogP contribution in [0, 0.1) is 5.92 Å². The van der Waals surface area contributed by atoms with Gasteiger partial charge in [-0.05, 0) is 68.2 Å². The molecule has 2 fully saturated rings. The molecule has 7 nitrogen and oxygen atoms in total. The molecule has 0 atom stereocenters. The van der Waals surface area contributed by atoms with Gasteiger partial charge >= 0.3 is 0 Å². The Kier molecular flexibility index (Phi) is 7.80. The summed E-state index contributed by atoms with van der Waals surface area (Å²) in [6.45, 7) is 5.01. The monoisotopic (exact) mass is 436 g/mol. The summed E-state index contributed by atoms with van der Waals surface area (Å²) in [4.78, 5) is 15.7. The zero-order valence-electron chi connectivity index (χ0n) is 19.3. The first-order valence-corrected chi connectivity index (χ1v) is 11.9. The molecule has 2 aromatic heterocycles. The summed E-state index contributed by atoms with van der Waals surface area (Å²) in [6.07, 6.45) is 10.9. The zero-order chi connectivity index (χ0) is 22.2. The van der Waals surface area contributed by atoms with E-state index in [2.05, 4.69) is 43.5 Å². The third-order valence-corrected chi connectivity index (χ3v) is 6.54. The minimum absolute atomic E-state index is 0.299. The molecule has 2 N–H and O–H groups in total. The highest BCUT2D eigenvalue weighted by Crippen LogP contribution is 2.26. The number of guanidine groups is 1. The Morgan fingerprint density at radius 3 is 2.59 bits per heavy atom. The lowest BCUT2D eigenvalue weighted by Gasteiger charge is -2.33. The van der Waals surface area contributed by atoms with Crippen LogP contribution in [0.5, 0.6) is 5.88 Å². The third kappa shape index (κ3) is 6.34. The number of nitrogens with one attached hydrogen (secondary N) is 2. The van der Waals surface area contributed by atoms with Gasteiger partial charge in [-0.3, -0.25) is 4.99 Å². The topological polar surface area (TPSA) is 74.7 Å². The molecule has 3 heterocycles. The number of ether oxygens (including phenoxy) is 1. The number of piperidine rings is 1. The van der Waals surface area contributed by atoms with E-state index in [4.69, 9.17) is 4.74 Å². The van der Waals surface area contributed by atoms with Crippen molar-refractivity contribution >= 4 is 11.8 Å². The molecule has 0 radical (unpaired) electrons. The SMILES string of the molecule is CN=C(NCc1ccnc(OC2CCC(C)CC2)c1)NC1CCN(c2ccccn2)CC1. The minimum atomic E-state index is 0.299. The van der Waals surface area contributed by atoms with Crippen molar-refractivity contribution in [1.29, 1.82) is 0 Å². The molecule has 2 aromatic rings.